The van der Waals surface area contributed by atoms with Crippen LogP contribution in [0.25, 0.3) is 0 Å². The van der Waals surface area contributed by atoms with Crippen LogP contribution in [0.15, 0.2) is 42.6 Å². The molecule has 0 radical (unpaired) electrons. The van der Waals surface area contributed by atoms with Gasteiger partial charge >= 0.3 is 0 Å². The summed E-state index contributed by atoms with van der Waals surface area (Å²) in [5.41, 5.74) is 10.3. The molecule has 0 aliphatic rings. The minimum atomic E-state index is 0.457. The molecule has 0 aliphatic heterocycles. The van der Waals surface area contributed by atoms with E-state index in [-0.39, 0.29) is 0 Å². The van der Waals surface area contributed by atoms with Crippen LogP contribution >= 0.6 is 0 Å². The van der Waals surface area contributed by atoms with Crippen LogP contribution in [0.5, 0.6) is 0 Å². The third-order valence-corrected chi connectivity index (χ3v) is 3.07. The summed E-state index contributed by atoms with van der Waals surface area (Å²) in [6, 6.07) is 12.4. The van der Waals surface area contributed by atoms with Crippen LogP contribution in [0.3, 0.4) is 0 Å². The molecule has 2 N–H and O–H groups in total. The van der Waals surface area contributed by atoms with Crippen molar-refractivity contribution < 1.29 is 0 Å². The van der Waals surface area contributed by atoms with E-state index in [1.54, 1.807) is 6.20 Å². The normalized spacial score (nSPS) is 10.4. The Hall–Kier alpha value is -1.87. The van der Waals surface area contributed by atoms with E-state index < -0.39 is 0 Å². The van der Waals surface area contributed by atoms with Crippen molar-refractivity contribution >= 4 is 11.4 Å². The number of pyridine rings is 1. The van der Waals surface area contributed by atoms with Crippen LogP contribution < -0.4 is 10.6 Å². The summed E-state index contributed by atoms with van der Waals surface area (Å²) in [5, 5.41) is 0. The van der Waals surface area contributed by atoms with E-state index in [2.05, 4.69) is 54.1 Å². The van der Waals surface area contributed by atoms with Gasteiger partial charge < -0.3 is 10.6 Å². The molecule has 2 aromatic rings. The zero-order valence-corrected chi connectivity index (χ0v) is 10.9. The second kappa shape index (κ2) is 5.65. The minimum Gasteiger partial charge on any atom is -0.340 e. The smallest absolute Gasteiger partial charge is 0.0775 e. The van der Waals surface area contributed by atoms with Crippen LogP contribution in [0.1, 0.15) is 18.2 Å². The van der Waals surface area contributed by atoms with Crippen LogP contribution in [-0.4, -0.2) is 11.5 Å². The number of benzene rings is 1. The minimum absolute atomic E-state index is 0.457. The summed E-state index contributed by atoms with van der Waals surface area (Å²) in [6.07, 6.45) is 1.79. The number of aryl methyl sites for hydroxylation is 1. The lowest BCUT2D eigenvalue weighted by Crippen LogP contribution is -2.20. The van der Waals surface area contributed by atoms with E-state index in [9.17, 15) is 0 Å². The van der Waals surface area contributed by atoms with Crippen LogP contribution in [0.4, 0.5) is 11.4 Å². The monoisotopic (exact) mass is 241 g/mol. The Morgan fingerprint density at radius 2 is 1.83 bits per heavy atom. The molecule has 2 rings (SSSR count). The lowest BCUT2D eigenvalue weighted by molar-refractivity contribution is 0.938. The standard InChI is InChI=1S/C15H19N3/c1-3-18(14-8-5-4-7-12(14)2)15-9-6-10-17-13(15)11-16/h4-10H,3,11,16H2,1-2H3. The van der Waals surface area contributed by atoms with Crippen molar-refractivity contribution in [3.63, 3.8) is 0 Å². The Kier molecular flexibility index (Phi) is 3.95. The molecular weight excluding hydrogens is 222 g/mol. The molecule has 0 atom stereocenters. The molecule has 1 aromatic heterocycles. The van der Waals surface area contributed by atoms with Crippen LogP contribution in [0, 0.1) is 6.92 Å². The first-order valence-electron chi connectivity index (χ1n) is 6.25. The summed E-state index contributed by atoms with van der Waals surface area (Å²) in [4.78, 5) is 6.61. The molecule has 0 bridgehead atoms. The van der Waals surface area contributed by atoms with Gasteiger partial charge in [-0.3, -0.25) is 4.98 Å². The fourth-order valence-corrected chi connectivity index (χ4v) is 2.17. The number of nitrogens with zero attached hydrogens (tertiary/aromatic N) is 2. The fraction of sp³-hybridized carbons (Fsp3) is 0.267. The van der Waals surface area contributed by atoms with E-state index in [0.29, 0.717) is 6.54 Å². The van der Waals surface area contributed by atoms with Gasteiger partial charge in [0.25, 0.3) is 0 Å². The van der Waals surface area contributed by atoms with E-state index in [4.69, 9.17) is 5.73 Å². The Bertz CT molecular complexity index is 523. The van der Waals surface area contributed by atoms with Gasteiger partial charge in [0.2, 0.25) is 0 Å². The molecule has 0 saturated carbocycles. The van der Waals surface area contributed by atoms with E-state index in [1.807, 2.05) is 6.07 Å². The highest BCUT2D eigenvalue weighted by atomic mass is 15.1. The zero-order chi connectivity index (χ0) is 13.0. The first-order valence-corrected chi connectivity index (χ1v) is 6.25. The van der Waals surface area contributed by atoms with Gasteiger partial charge in [-0.1, -0.05) is 18.2 Å². The third kappa shape index (κ3) is 2.36. The predicted molar refractivity (Wildman–Crippen MR) is 76.0 cm³/mol. The van der Waals surface area contributed by atoms with Gasteiger partial charge in [-0.15, -0.1) is 0 Å². The summed E-state index contributed by atoms with van der Waals surface area (Å²) in [7, 11) is 0. The van der Waals surface area contributed by atoms with Gasteiger partial charge in [-0.05, 0) is 37.6 Å². The number of hydrogen-bond acceptors (Lipinski definition) is 3. The Morgan fingerprint density at radius 3 is 2.50 bits per heavy atom. The molecule has 1 heterocycles. The number of para-hydroxylation sites is 1. The highest BCUT2D eigenvalue weighted by molar-refractivity contribution is 5.67. The average Bonchev–Trinajstić information content (AvgIpc) is 2.42. The number of rotatable bonds is 4. The zero-order valence-electron chi connectivity index (χ0n) is 10.9. The summed E-state index contributed by atoms with van der Waals surface area (Å²) >= 11 is 0. The Morgan fingerprint density at radius 1 is 1.11 bits per heavy atom. The van der Waals surface area contributed by atoms with E-state index in [0.717, 1.165) is 17.9 Å². The largest absolute Gasteiger partial charge is 0.340 e. The molecule has 0 spiro atoms. The molecule has 0 saturated heterocycles. The molecule has 3 heteroatoms. The quantitative estimate of drug-likeness (QED) is 0.894. The van der Waals surface area contributed by atoms with Crippen molar-refractivity contribution in [3.05, 3.63) is 53.9 Å². The van der Waals surface area contributed by atoms with Gasteiger partial charge in [0, 0.05) is 25.0 Å². The van der Waals surface area contributed by atoms with Gasteiger partial charge in [0.1, 0.15) is 0 Å². The second-order valence-corrected chi connectivity index (χ2v) is 4.20. The lowest BCUT2D eigenvalue weighted by atomic mass is 10.1. The van der Waals surface area contributed by atoms with Gasteiger partial charge in [-0.2, -0.15) is 0 Å². The number of nitrogens with two attached hydrogens (primary N) is 1. The Balaban J connectivity index is 2.49. The predicted octanol–water partition coefficient (Wildman–Crippen LogP) is 3.01. The summed E-state index contributed by atoms with van der Waals surface area (Å²) in [5.74, 6) is 0. The van der Waals surface area contributed by atoms with Gasteiger partial charge in [0.05, 0.1) is 11.4 Å². The molecule has 0 amide bonds. The van der Waals surface area contributed by atoms with Gasteiger partial charge in [-0.25, -0.2) is 0 Å². The molecule has 1 aromatic carbocycles. The third-order valence-electron chi connectivity index (χ3n) is 3.07. The summed E-state index contributed by atoms with van der Waals surface area (Å²) < 4.78 is 0. The van der Waals surface area contributed by atoms with E-state index in [1.165, 1.54) is 11.3 Å². The van der Waals surface area contributed by atoms with Crippen molar-refractivity contribution in [1.82, 2.24) is 4.98 Å². The second-order valence-electron chi connectivity index (χ2n) is 4.20. The van der Waals surface area contributed by atoms with Crippen molar-refractivity contribution in [3.8, 4) is 0 Å². The maximum Gasteiger partial charge on any atom is 0.0775 e. The maximum absolute atomic E-state index is 5.77. The first-order chi connectivity index (χ1) is 8.77. The molecule has 94 valence electrons. The molecule has 18 heavy (non-hydrogen) atoms. The van der Waals surface area contributed by atoms with Crippen molar-refractivity contribution in [2.45, 2.75) is 20.4 Å². The fourth-order valence-electron chi connectivity index (χ4n) is 2.17. The van der Waals surface area contributed by atoms with Crippen molar-refractivity contribution in [2.24, 2.45) is 5.73 Å². The lowest BCUT2D eigenvalue weighted by Gasteiger charge is -2.26. The molecule has 3 nitrogen and oxygen atoms in total. The molecule has 0 aliphatic carbocycles. The number of aromatic nitrogens is 1. The highest BCUT2D eigenvalue weighted by Gasteiger charge is 2.12. The maximum atomic E-state index is 5.77. The number of hydrogen-bond donors (Lipinski definition) is 1. The molecular formula is C15H19N3. The Labute approximate surface area is 108 Å². The number of anilines is 2. The van der Waals surface area contributed by atoms with Crippen LogP contribution in [-0.2, 0) is 6.54 Å². The van der Waals surface area contributed by atoms with Crippen molar-refractivity contribution in [1.29, 1.82) is 0 Å². The van der Waals surface area contributed by atoms with Crippen molar-refractivity contribution in [2.75, 3.05) is 11.4 Å². The summed E-state index contributed by atoms with van der Waals surface area (Å²) in [6.45, 7) is 5.61. The van der Waals surface area contributed by atoms with Crippen LogP contribution in [0.2, 0.25) is 0 Å². The average molecular weight is 241 g/mol. The highest BCUT2D eigenvalue weighted by Crippen LogP contribution is 2.29. The SMILES string of the molecule is CCN(c1ccccc1C)c1cccnc1CN. The first kappa shape index (κ1) is 12.6. The molecule has 0 unspecified atom stereocenters. The van der Waals surface area contributed by atoms with E-state index >= 15 is 0 Å². The van der Waals surface area contributed by atoms with Gasteiger partial charge in [0.15, 0.2) is 0 Å². The molecule has 0 fully saturated rings. The topological polar surface area (TPSA) is 42.2 Å².